The lowest BCUT2D eigenvalue weighted by molar-refractivity contribution is 0.407. The molecule has 0 aliphatic heterocycles. The van der Waals surface area contributed by atoms with Crippen LogP contribution in [0.5, 0.6) is 0 Å². The van der Waals surface area contributed by atoms with Crippen molar-refractivity contribution in [2.24, 2.45) is 0 Å². The smallest absolute Gasteiger partial charge is 0.198 e. The van der Waals surface area contributed by atoms with E-state index in [1.807, 2.05) is 0 Å². The Morgan fingerprint density at radius 2 is 0.889 bits per heavy atom. The fourth-order valence-corrected chi connectivity index (χ4v) is 1.60. The second kappa shape index (κ2) is 6.15. The van der Waals surface area contributed by atoms with E-state index in [4.69, 9.17) is 46.4 Å². The Morgan fingerprint density at radius 3 is 1.11 bits per heavy atom. The van der Waals surface area contributed by atoms with Crippen LogP contribution in [0.25, 0.3) is 12.2 Å². The van der Waals surface area contributed by atoms with Crippen LogP contribution in [-0.4, -0.2) is 0 Å². The molecular weight excluding hydrogens is 338 g/mol. The molecule has 0 aliphatic rings. The normalized spacial score (nSPS) is 10.2. The first-order valence-electron chi connectivity index (χ1n) is 4.17. The fraction of sp³-hybridized carbons (Fsp3) is 0. The molecule has 1 aromatic carbocycles. The lowest BCUT2D eigenvalue weighted by atomic mass is 10.1. The first kappa shape index (κ1) is 15.6. The Balaban J connectivity index is 3.76. The molecule has 0 fully saturated rings. The van der Waals surface area contributed by atoms with Crippen molar-refractivity contribution in [2.45, 2.75) is 0 Å². The molecule has 18 heavy (non-hydrogen) atoms. The molecule has 0 aliphatic carbocycles. The van der Waals surface area contributed by atoms with Gasteiger partial charge in [-0.15, -0.1) is 0 Å². The van der Waals surface area contributed by atoms with Crippen molar-refractivity contribution >= 4 is 58.6 Å². The van der Waals surface area contributed by atoms with E-state index in [2.05, 4.69) is 0 Å². The van der Waals surface area contributed by atoms with Gasteiger partial charge >= 0.3 is 0 Å². The van der Waals surface area contributed by atoms with Crippen LogP contribution in [-0.2, 0) is 0 Å². The molecule has 1 aromatic rings. The van der Waals surface area contributed by atoms with Gasteiger partial charge in [0.1, 0.15) is 8.98 Å². The molecule has 0 saturated heterocycles. The fourth-order valence-electron chi connectivity index (χ4n) is 1.17. The number of halogens is 8. The highest BCUT2D eigenvalue weighted by atomic mass is 35.5. The third-order valence-electron chi connectivity index (χ3n) is 1.85. The van der Waals surface area contributed by atoms with Crippen molar-refractivity contribution in [1.82, 2.24) is 0 Å². The Morgan fingerprint density at radius 1 is 0.611 bits per heavy atom. The summed E-state index contributed by atoms with van der Waals surface area (Å²) in [5, 5.41) is 0. The van der Waals surface area contributed by atoms with E-state index in [0.29, 0.717) is 12.2 Å². The van der Waals surface area contributed by atoms with Gasteiger partial charge in [-0.25, -0.2) is 17.6 Å². The molecule has 8 heteroatoms. The van der Waals surface area contributed by atoms with Crippen LogP contribution in [0.4, 0.5) is 17.6 Å². The summed E-state index contributed by atoms with van der Waals surface area (Å²) in [7, 11) is 0. The number of hydrogen-bond acceptors (Lipinski definition) is 0. The van der Waals surface area contributed by atoms with Gasteiger partial charge in [0.25, 0.3) is 0 Å². The summed E-state index contributed by atoms with van der Waals surface area (Å²) >= 11 is 21.1. The van der Waals surface area contributed by atoms with E-state index >= 15 is 0 Å². The maximum absolute atomic E-state index is 13.5. The zero-order chi connectivity index (χ0) is 14.0. The predicted octanol–water partition coefficient (Wildman–Crippen LogP) is 5.80. The zero-order valence-electron chi connectivity index (χ0n) is 8.18. The summed E-state index contributed by atoms with van der Waals surface area (Å²) in [6.07, 6.45) is 1.40. The van der Waals surface area contributed by atoms with E-state index in [0.717, 1.165) is 0 Å². The largest absolute Gasteiger partial charge is 0.203 e. The summed E-state index contributed by atoms with van der Waals surface area (Å²) in [5.41, 5.74) is -1.41. The maximum atomic E-state index is 13.5. The Labute approximate surface area is 119 Å². The highest BCUT2D eigenvalue weighted by Gasteiger charge is 2.23. The molecule has 0 atom stereocenters. The molecular formula is C10H2Cl4F4. The number of benzene rings is 1. The van der Waals surface area contributed by atoms with Crippen molar-refractivity contribution in [1.29, 1.82) is 0 Å². The second-order valence-electron chi connectivity index (χ2n) is 2.95. The van der Waals surface area contributed by atoms with Gasteiger partial charge < -0.3 is 0 Å². The van der Waals surface area contributed by atoms with E-state index in [1.54, 1.807) is 0 Å². The summed E-state index contributed by atoms with van der Waals surface area (Å²) in [4.78, 5) is 0. The van der Waals surface area contributed by atoms with Crippen LogP contribution >= 0.6 is 46.4 Å². The van der Waals surface area contributed by atoms with Gasteiger partial charge in [-0.1, -0.05) is 46.4 Å². The van der Waals surface area contributed by atoms with Crippen molar-refractivity contribution in [3.63, 3.8) is 0 Å². The van der Waals surface area contributed by atoms with Crippen LogP contribution in [0.2, 0.25) is 0 Å². The average molecular weight is 340 g/mol. The number of hydrogen-bond donors (Lipinski definition) is 0. The lowest BCUT2D eigenvalue weighted by Crippen LogP contribution is -2.03. The van der Waals surface area contributed by atoms with Crippen molar-refractivity contribution in [2.75, 3.05) is 0 Å². The van der Waals surface area contributed by atoms with Crippen LogP contribution < -0.4 is 0 Å². The van der Waals surface area contributed by atoms with E-state index in [-0.39, 0.29) is 0 Å². The summed E-state index contributed by atoms with van der Waals surface area (Å²) in [5.74, 6) is -7.30. The predicted molar refractivity (Wildman–Crippen MR) is 65.6 cm³/mol. The Bertz CT molecular complexity index is 495. The lowest BCUT2D eigenvalue weighted by Gasteiger charge is -2.07. The van der Waals surface area contributed by atoms with Gasteiger partial charge in [0, 0.05) is 11.1 Å². The molecule has 0 saturated carbocycles. The molecule has 0 heterocycles. The molecule has 0 radical (unpaired) electrons. The summed E-state index contributed by atoms with van der Waals surface area (Å²) in [6.45, 7) is 0. The van der Waals surface area contributed by atoms with Gasteiger partial charge in [0.2, 0.25) is 0 Å². The zero-order valence-corrected chi connectivity index (χ0v) is 11.2. The minimum atomic E-state index is -1.99. The second-order valence-corrected chi connectivity index (χ2v) is 4.97. The van der Waals surface area contributed by atoms with Crippen LogP contribution in [0.1, 0.15) is 11.1 Å². The average Bonchev–Trinajstić information content (AvgIpc) is 2.27. The molecule has 0 aromatic heterocycles. The molecule has 0 nitrogen and oxygen atoms in total. The molecule has 0 N–H and O–H groups in total. The topological polar surface area (TPSA) is 0 Å². The van der Waals surface area contributed by atoms with Crippen LogP contribution in [0, 0.1) is 23.3 Å². The van der Waals surface area contributed by atoms with Crippen LogP contribution in [0.3, 0.4) is 0 Å². The third kappa shape index (κ3) is 3.32. The molecule has 98 valence electrons. The minimum Gasteiger partial charge on any atom is -0.203 e. The molecule has 1 rings (SSSR count). The highest BCUT2D eigenvalue weighted by molar-refractivity contribution is 6.58. The summed E-state index contributed by atoms with van der Waals surface area (Å²) in [6, 6.07) is 0. The van der Waals surface area contributed by atoms with Crippen molar-refractivity contribution in [3.8, 4) is 0 Å². The SMILES string of the molecule is Fc1c(F)c(F)c(C=C(Cl)Cl)c(C=C(Cl)Cl)c1F. The van der Waals surface area contributed by atoms with E-state index < -0.39 is 43.4 Å². The standard InChI is InChI=1S/C10H2Cl4F4/c11-5(12)1-3-4(2-6(13)14)8(16)10(18)9(17)7(3)15/h1-2H. The molecule has 0 bridgehead atoms. The van der Waals surface area contributed by atoms with Gasteiger partial charge in [0.15, 0.2) is 23.3 Å². The summed E-state index contributed by atoms with van der Waals surface area (Å²) < 4.78 is 52.0. The third-order valence-corrected chi connectivity index (χ3v) is 2.28. The van der Waals surface area contributed by atoms with Gasteiger partial charge in [-0.3, -0.25) is 0 Å². The van der Waals surface area contributed by atoms with Crippen molar-refractivity contribution < 1.29 is 17.6 Å². The molecule has 0 amide bonds. The first-order chi connectivity index (χ1) is 8.25. The van der Waals surface area contributed by atoms with Gasteiger partial charge in [0.05, 0.1) is 0 Å². The van der Waals surface area contributed by atoms with Crippen LogP contribution in [0.15, 0.2) is 8.98 Å². The van der Waals surface area contributed by atoms with E-state index in [9.17, 15) is 17.6 Å². The maximum Gasteiger partial charge on any atom is 0.198 e. The van der Waals surface area contributed by atoms with Gasteiger partial charge in [-0.05, 0) is 12.2 Å². The highest BCUT2D eigenvalue weighted by Crippen LogP contribution is 2.30. The van der Waals surface area contributed by atoms with Crippen molar-refractivity contribution in [3.05, 3.63) is 43.4 Å². The van der Waals surface area contributed by atoms with Gasteiger partial charge in [-0.2, -0.15) is 0 Å². The Hall–Kier alpha value is -0.420. The first-order valence-corrected chi connectivity index (χ1v) is 5.68. The quantitative estimate of drug-likeness (QED) is 0.363. The number of rotatable bonds is 2. The Kier molecular flexibility index (Phi) is 5.34. The van der Waals surface area contributed by atoms with E-state index in [1.165, 1.54) is 0 Å². The molecule has 0 spiro atoms. The monoisotopic (exact) mass is 338 g/mol. The minimum absolute atomic E-state index is 0.486. The molecule has 0 unspecified atom stereocenters.